The van der Waals surface area contributed by atoms with E-state index in [1.54, 1.807) is 11.4 Å². The molecule has 0 saturated heterocycles. The molecule has 1 heterocycles. The van der Waals surface area contributed by atoms with Gasteiger partial charge >= 0.3 is 0 Å². The van der Waals surface area contributed by atoms with E-state index in [0.717, 1.165) is 18.2 Å². The number of nitrogens with one attached hydrogen (secondary N) is 1. The number of anilines is 1. The number of hydrogen-bond donors (Lipinski definition) is 1. The maximum Gasteiger partial charge on any atom is 0.235 e. The predicted molar refractivity (Wildman–Crippen MR) is 83.4 cm³/mol. The molecule has 0 bridgehead atoms. The van der Waals surface area contributed by atoms with Gasteiger partial charge in [-0.1, -0.05) is 18.7 Å². The number of hydrogen-bond acceptors (Lipinski definition) is 5. The van der Waals surface area contributed by atoms with Crippen molar-refractivity contribution in [3.63, 3.8) is 0 Å². The van der Waals surface area contributed by atoms with Gasteiger partial charge in [0.25, 0.3) is 0 Å². The Morgan fingerprint density at radius 1 is 1.24 bits per heavy atom. The van der Waals surface area contributed by atoms with Crippen molar-refractivity contribution in [3.8, 4) is 5.88 Å². The zero-order valence-electron chi connectivity index (χ0n) is 13.0. The Balaban J connectivity index is 2.00. The number of rotatable bonds is 7. The minimum Gasteiger partial charge on any atom is -0.478 e. The van der Waals surface area contributed by atoms with Crippen LogP contribution in [0.5, 0.6) is 5.88 Å². The first kappa shape index (κ1) is 19.0. The van der Waals surface area contributed by atoms with E-state index in [2.05, 4.69) is 9.97 Å². The summed E-state index contributed by atoms with van der Waals surface area (Å²) in [7, 11) is 0. The summed E-state index contributed by atoms with van der Waals surface area (Å²) in [5.74, 6) is -7.45. The average Bonchev–Trinajstić information content (AvgIpc) is 2.60. The van der Waals surface area contributed by atoms with E-state index < -0.39 is 34.9 Å². The van der Waals surface area contributed by atoms with E-state index in [-0.39, 0.29) is 17.0 Å². The number of thioether (sulfide) groups is 1. The Labute approximate surface area is 144 Å². The van der Waals surface area contributed by atoms with Crippen LogP contribution in [0.2, 0.25) is 0 Å². The lowest BCUT2D eigenvalue weighted by molar-refractivity contribution is -0.113. The molecule has 1 amide bonds. The van der Waals surface area contributed by atoms with E-state index in [0.29, 0.717) is 12.5 Å². The average molecular weight is 375 g/mol. The summed E-state index contributed by atoms with van der Waals surface area (Å²) in [6, 6.07) is 1.60. The number of carbonyl (C=O) groups excluding carboxylic acids is 1. The molecule has 0 fully saturated rings. The molecule has 0 aliphatic carbocycles. The van der Waals surface area contributed by atoms with E-state index >= 15 is 0 Å². The Bertz CT molecular complexity index is 750. The molecule has 0 saturated carbocycles. The second-order valence-corrected chi connectivity index (χ2v) is 5.65. The topological polar surface area (TPSA) is 64.1 Å². The van der Waals surface area contributed by atoms with Crippen LogP contribution >= 0.6 is 11.8 Å². The zero-order chi connectivity index (χ0) is 18.4. The fourth-order valence-corrected chi connectivity index (χ4v) is 2.29. The van der Waals surface area contributed by atoms with E-state index in [1.165, 1.54) is 6.20 Å². The van der Waals surface area contributed by atoms with Crippen LogP contribution in [0.1, 0.15) is 13.3 Å². The molecule has 0 spiro atoms. The van der Waals surface area contributed by atoms with Crippen LogP contribution in [0.3, 0.4) is 0 Å². The molecule has 0 aliphatic heterocycles. The molecule has 2 aromatic rings. The number of ether oxygens (including phenoxy) is 1. The van der Waals surface area contributed by atoms with Gasteiger partial charge in [0.2, 0.25) is 11.8 Å². The van der Waals surface area contributed by atoms with Crippen LogP contribution in [-0.4, -0.2) is 28.2 Å². The van der Waals surface area contributed by atoms with E-state index in [1.807, 2.05) is 6.92 Å². The van der Waals surface area contributed by atoms with Gasteiger partial charge in [-0.05, 0) is 6.42 Å². The Kier molecular flexibility index (Phi) is 6.57. The van der Waals surface area contributed by atoms with Crippen molar-refractivity contribution in [2.24, 2.45) is 0 Å². The molecule has 1 aromatic heterocycles. The monoisotopic (exact) mass is 375 g/mol. The van der Waals surface area contributed by atoms with Gasteiger partial charge in [0.05, 0.1) is 12.4 Å². The van der Waals surface area contributed by atoms with Crippen LogP contribution in [0.15, 0.2) is 23.5 Å². The molecule has 25 heavy (non-hydrogen) atoms. The first-order valence-electron chi connectivity index (χ1n) is 7.13. The van der Waals surface area contributed by atoms with Crippen LogP contribution in [-0.2, 0) is 4.79 Å². The molecule has 1 N–H and O–H groups in total. The molecular formula is C15H13F4N3O2S. The van der Waals surface area contributed by atoms with Crippen molar-refractivity contribution in [2.75, 3.05) is 17.7 Å². The van der Waals surface area contributed by atoms with Crippen molar-refractivity contribution in [3.05, 3.63) is 41.6 Å². The molecular weight excluding hydrogens is 362 g/mol. The fraction of sp³-hybridized carbons (Fsp3) is 0.267. The number of halogens is 4. The minimum atomic E-state index is -1.68. The van der Waals surface area contributed by atoms with Gasteiger partial charge in [0.15, 0.2) is 28.4 Å². The Hall–Kier alpha value is -2.36. The highest BCUT2D eigenvalue weighted by molar-refractivity contribution is 7.99. The number of nitrogens with zero attached hydrogens (tertiary/aromatic N) is 2. The van der Waals surface area contributed by atoms with Gasteiger partial charge in [0.1, 0.15) is 5.69 Å². The molecule has 0 aliphatic rings. The summed E-state index contributed by atoms with van der Waals surface area (Å²) >= 11 is 0.869. The molecule has 1 aromatic carbocycles. The second kappa shape index (κ2) is 8.65. The summed E-state index contributed by atoms with van der Waals surface area (Å²) in [6.07, 6.45) is 2.22. The molecule has 10 heteroatoms. The van der Waals surface area contributed by atoms with Crippen LogP contribution in [0.4, 0.5) is 23.2 Å². The summed E-state index contributed by atoms with van der Waals surface area (Å²) in [5, 5.41) is 2.01. The lowest BCUT2D eigenvalue weighted by Crippen LogP contribution is -2.17. The largest absolute Gasteiger partial charge is 0.478 e. The summed E-state index contributed by atoms with van der Waals surface area (Å²) in [5.41, 5.74) is -1.18. The molecule has 5 nitrogen and oxygen atoms in total. The van der Waals surface area contributed by atoms with Crippen LogP contribution in [0, 0.1) is 23.3 Å². The standard InChI is InChI=1S/C15H13F4N3O2S/c1-2-5-24-11-3-4-20-15(22-11)25-7-10(23)21-14-12(18)8(16)6-9(17)13(14)19/h3-4,6H,2,5,7H2,1H3,(H,21,23). The Morgan fingerprint density at radius 2 is 1.92 bits per heavy atom. The summed E-state index contributed by atoms with van der Waals surface area (Å²) in [6.45, 7) is 2.39. The number of aromatic nitrogens is 2. The van der Waals surface area contributed by atoms with Gasteiger partial charge in [-0.25, -0.2) is 22.5 Å². The van der Waals surface area contributed by atoms with E-state index in [4.69, 9.17) is 4.74 Å². The van der Waals surface area contributed by atoms with Crippen molar-refractivity contribution < 1.29 is 27.1 Å². The number of carbonyl (C=O) groups is 1. The van der Waals surface area contributed by atoms with Crippen LogP contribution in [0.25, 0.3) is 0 Å². The van der Waals surface area contributed by atoms with Gasteiger partial charge in [-0.2, -0.15) is 4.98 Å². The minimum absolute atomic E-state index is 0.0602. The van der Waals surface area contributed by atoms with Crippen molar-refractivity contribution in [1.82, 2.24) is 9.97 Å². The van der Waals surface area contributed by atoms with Gasteiger partial charge in [0, 0.05) is 18.3 Å². The molecule has 0 unspecified atom stereocenters. The fourth-order valence-electron chi connectivity index (χ4n) is 1.67. The highest BCUT2D eigenvalue weighted by Gasteiger charge is 2.21. The predicted octanol–water partition coefficient (Wildman–Crippen LogP) is 3.55. The quantitative estimate of drug-likeness (QED) is 0.347. The molecule has 0 atom stereocenters. The maximum atomic E-state index is 13.5. The lowest BCUT2D eigenvalue weighted by Gasteiger charge is -2.09. The third-order valence-electron chi connectivity index (χ3n) is 2.77. The summed E-state index contributed by atoms with van der Waals surface area (Å²) < 4.78 is 58.5. The van der Waals surface area contributed by atoms with Crippen molar-refractivity contribution in [2.45, 2.75) is 18.5 Å². The van der Waals surface area contributed by atoms with Gasteiger partial charge in [-0.3, -0.25) is 4.79 Å². The van der Waals surface area contributed by atoms with Crippen LogP contribution < -0.4 is 10.1 Å². The first-order valence-corrected chi connectivity index (χ1v) is 8.12. The SMILES string of the molecule is CCCOc1ccnc(SCC(=O)Nc2c(F)c(F)cc(F)c2F)n1. The number of benzene rings is 1. The first-order chi connectivity index (χ1) is 11.9. The Morgan fingerprint density at radius 3 is 2.56 bits per heavy atom. The third-order valence-corrected chi connectivity index (χ3v) is 3.63. The maximum absolute atomic E-state index is 13.5. The van der Waals surface area contributed by atoms with Gasteiger partial charge < -0.3 is 10.1 Å². The smallest absolute Gasteiger partial charge is 0.235 e. The highest BCUT2D eigenvalue weighted by atomic mass is 32.2. The molecule has 2 rings (SSSR count). The van der Waals surface area contributed by atoms with Crippen molar-refractivity contribution in [1.29, 1.82) is 0 Å². The van der Waals surface area contributed by atoms with E-state index in [9.17, 15) is 22.4 Å². The highest BCUT2D eigenvalue weighted by Crippen LogP contribution is 2.24. The third kappa shape index (κ3) is 5.05. The van der Waals surface area contributed by atoms with Gasteiger partial charge in [-0.15, -0.1) is 0 Å². The molecule has 134 valence electrons. The normalized spacial score (nSPS) is 10.6. The molecule has 0 radical (unpaired) electrons. The number of amides is 1. The van der Waals surface area contributed by atoms with Crippen molar-refractivity contribution >= 4 is 23.4 Å². The lowest BCUT2D eigenvalue weighted by atomic mass is 10.2. The zero-order valence-corrected chi connectivity index (χ0v) is 13.8. The second-order valence-electron chi connectivity index (χ2n) is 4.71. The summed E-state index contributed by atoms with van der Waals surface area (Å²) in [4.78, 5) is 19.7.